The van der Waals surface area contributed by atoms with Crippen molar-refractivity contribution in [2.24, 2.45) is 0 Å². The molecule has 1 aromatic rings. The largest absolute Gasteiger partial charge is 0.427 e. The van der Waals surface area contributed by atoms with Crippen molar-refractivity contribution in [2.75, 3.05) is 18.4 Å². The van der Waals surface area contributed by atoms with Crippen molar-refractivity contribution >= 4 is 17.7 Å². The summed E-state index contributed by atoms with van der Waals surface area (Å²) in [4.78, 5) is 24.8. The van der Waals surface area contributed by atoms with E-state index in [0.29, 0.717) is 11.4 Å². The standard InChI is InChI=1S/C15H22N2O3/c1-4-9-17(10-5-2)15(19)16-13-7-6-8-14(11-13)20-12(3)18/h6-8,11H,4-5,9-10H2,1-3H3,(H,16,19). The molecule has 110 valence electrons. The average Bonchev–Trinajstić information content (AvgIpc) is 2.38. The lowest BCUT2D eigenvalue weighted by Crippen LogP contribution is -2.36. The molecule has 20 heavy (non-hydrogen) atoms. The first-order valence-corrected chi connectivity index (χ1v) is 6.91. The van der Waals surface area contributed by atoms with E-state index in [1.54, 1.807) is 29.2 Å². The first-order valence-electron chi connectivity index (χ1n) is 6.91. The van der Waals surface area contributed by atoms with Crippen LogP contribution in [0.4, 0.5) is 10.5 Å². The Labute approximate surface area is 119 Å². The second-order valence-corrected chi connectivity index (χ2v) is 4.54. The predicted molar refractivity (Wildman–Crippen MR) is 78.9 cm³/mol. The second kappa shape index (κ2) is 8.19. The highest BCUT2D eigenvalue weighted by molar-refractivity contribution is 5.89. The molecule has 1 aromatic carbocycles. The summed E-state index contributed by atoms with van der Waals surface area (Å²) in [7, 11) is 0. The molecule has 0 heterocycles. The second-order valence-electron chi connectivity index (χ2n) is 4.54. The lowest BCUT2D eigenvalue weighted by Gasteiger charge is -2.22. The monoisotopic (exact) mass is 278 g/mol. The molecule has 1 N–H and O–H groups in total. The fourth-order valence-electron chi connectivity index (χ4n) is 1.86. The van der Waals surface area contributed by atoms with Gasteiger partial charge < -0.3 is 15.0 Å². The van der Waals surface area contributed by atoms with Crippen LogP contribution in [0.25, 0.3) is 0 Å². The third-order valence-electron chi connectivity index (χ3n) is 2.62. The van der Waals surface area contributed by atoms with Crippen LogP contribution in [0, 0.1) is 0 Å². The molecule has 0 aromatic heterocycles. The van der Waals surface area contributed by atoms with Crippen molar-refractivity contribution in [3.63, 3.8) is 0 Å². The van der Waals surface area contributed by atoms with Crippen LogP contribution >= 0.6 is 0 Å². The number of urea groups is 1. The Balaban J connectivity index is 2.70. The van der Waals surface area contributed by atoms with Crippen LogP contribution < -0.4 is 10.1 Å². The van der Waals surface area contributed by atoms with Crippen LogP contribution in [0.1, 0.15) is 33.6 Å². The highest BCUT2D eigenvalue weighted by Gasteiger charge is 2.12. The van der Waals surface area contributed by atoms with Crippen molar-refractivity contribution < 1.29 is 14.3 Å². The molecule has 2 amide bonds. The van der Waals surface area contributed by atoms with Gasteiger partial charge in [-0.15, -0.1) is 0 Å². The van der Waals surface area contributed by atoms with Crippen LogP contribution in [-0.2, 0) is 4.79 Å². The van der Waals surface area contributed by atoms with Gasteiger partial charge in [0.15, 0.2) is 0 Å². The summed E-state index contributed by atoms with van der Waals surface area (Å²) in [6.45, 7) is 6.87. The summed E-state index contributed by atoms with van der Waals surface area (Å²) in [5.41, 5.74) is 0.617. The third kappa shape index (κ3) is 5.30. The summed E-state index contributed by atoms with van der Waals surface area (Å²) in [5.74, 6) is 0.0416. The van der Waals surface area contributed by atoms with Crippen molar-refractivity contribution in [1.82, 2.24) is 4.90 Å². The molecule has 0 bridgehead atoms. The van der Waals surface area contributed by atoms with E-state index in [4.69, 9.17) is 4.74 Å². The van der Waals surface area contributed by atoms with Gasteiger partial charge in [0, 0.05) is 31.8 Å². The van der Waals surface area contributed by atoms with Crippen LogP contribution in [0.15, 0.2) is 24.3 Å². The lowest BCUT2D eigenvalue weighted by atomic mass is 10.3. The Bertz CT molecular complexity index is 454. The first kappa shape index (κ1) is 16.0. The number of benzene rings is 1. The molecule has 0 unspecified atom stereocenters. The lowest BCUT2D eigenvalue weighted by molar-refractivity contribution is -0.131. The summed E-state index contributed by atoms with van der Waals surface area (Å²) in [6, 6.07) is 6.68. The molecule has 5 nitrogen and oxygen atoms in total. The van der Waals surface area contributed by atoms with Gasteiger partial charge in [0.1, 0.15) is 5.75 Å². The van der Waals surface area contributed by atoms with Gasteiger partial charge in [-0.05, 0) is 25.0 Å². The summed E-state index contributed by atoms with van der Waals surface area (Å²) >= 11 is 0. The third-order valence-corrected chi connectivity index (χ3v) is 2.62. The van der Waals surface area contributed by atoms with Gasteiger partial charge in [-0.3, -0.25) is 4.79 Å². The van der Waals surface area contributed by atoms with Gasteiger partial charge >= 0.3 is 12.0 Å². The van der Waals surface area contributed by atoms with Gasteiger partial charge in [-0.2, -0.15) is 0 Å². The molecule has 0 aliphatic carbocycles. The van der Waals surface area contributed by atoms with E-state index in [0.717, 1.165) is 25.9 Å². The number of nitrogens with one attached hydrogen (secondary N) is 1. The van der Waals surface area contributed by atoms with Crippen LogP contribution in [0.3, 0.4) is 0 Å². The van der Waals surface area contributed by atoms with Gasteiger partial charge in [-0.25, -0.2) is 4.79 Å². The summed E-state index contributed by atoms with van der Waals surface area (Å²) in [6.07, 6.45) is 1.84. The number of amides is 2. The number of nitrogens with zero attached hydrogens (tertiary/aromatic N) is 1. The van der Waals surface area contributed by atoms with Gasteiger partial charge in [0.2, 0.25) is 0 Å². The van der Waals surface area contributed by atoms with E-state index in [-0.39, 0.29) is 12.0 Å². The minimum atomic E-state index is -0.382. The normalized spacial score (nSPS) is 9.95. The van der Waals surface area contributed by atoms with Crippen LogP contribution in [-0.4, -0.2) is 30.0 Å². The zero-order chi connectivity index (χ0) is 15.0. The van der Waals surface area contributed by atoms with Gasteiger partial charge in [0.05, 0.1) is 0 Å². The Morgan fingerprint density at radius 3 is 2.40 bits per heavy atom. The van der Waals surface area contributed by atoms with E-state index in [2.05, 4.69) is 5.32 Å². The maximum absolute atomic E-state index is 12.1. The Hall–Kier alpha value is -2.04. The Kier molecular flexibility index (Phi) is 6.56. The van der Waals surface area contributed by atoms with Crippen molar-refractivity contribution in [2.45, 2.75) is 33.6 Å². The average molecular weight is 278 g/mol. The van der Waals surface area contributed by atoms with Crippen molar-refractivity contribution in [3.8, 4) is 5.75 Å². The maximum atomic E-state index is 12.1. The SMILES string of the molecule is CCCN(CCC)C(=O)Nc1cccc(OC(C)=O)c1. The highest BCUT2D eigenvalue weighted by atomic mass is 16.5. The number of rotatable bonds is 6. The molecular weight excluding hydrogens is 256 g/mol. The van der Waals surface area contributed by atoms with Crippen molar-refractivity contribution in [1.29, 1.82) is 0 Å². The minimum Gasteiger partial charge on any atom is -0.427 e. The number of hydrogen-bond acceptors (Lipinski definition) is 3. The summed E-state index contributed by atoms with van der Waals surface area (Å²) in [5, 5.41) is 2.82. The molecule has 0 atom stereocenters. The molecule has 0 radical (unpaired) electrons. The van der Waals surface area contributed by atoms with E-state index in [1.165, 1.54) is 6.92 Å². The van der Waals surface area contributed by atoms with Gasteiger partial charge in [0.25, 0.3) is 0 Å². The number of carbonyl (C=O) groups is 2. The minimum absolute atomic E-state index is 0.131. The topological polar surface area (TPSA) is 58.6 Å². The van der Waals surface area contributed by atoms with Crippen molar-refractivity contribution in [3.05, 3.63) is 24.3 Å². The highest BCUT2D eigenvalue weighted by Crippen LogP contribution is 2.18. The fraction of sp³-hybridized carbons (Fsp3) is 0.467. The number of ether oxygens (including phenoxy) is 1. The Morgan fingerprint density at radius 1 is 1.20 bits per heavy atom. The number of hydrogen-bond donors (Lipinski definition) is 1. The zero-order valence-electron chi connectivity index (χ0n) is 12.3. The zero-order valence-corrected chi connectivity index (χ0v) is 12.3. The molecule has 0 saturated carbocycles. The smallest absolute Gasteiger partial charge is 0.321 e. The molecule has 0 aliphatic rings. The van der Waals surface area contributed by atoms with E-state index >= 15 is 0 Å². The number of anilines is 1. The number of carbonyl (C=O) groups excluding carboxylic acids is 2. The van der Waals surface area contributed by atoms with Crippen LogP contribution in [0.5, 0.6) is 5.75 Å². The molecule has 5 heteroatoms. The molecule has 0 spiro atoms. The van der Waals surface area contributed by atoms with E-state index in [1.807, 2.05) is 13.8 Å². The number of esters is 1. The molecule has 0 fully saturated rings. The van der Waals surface area contributed by atoms with E-state index < -0.39 is 0 Å². The van der Waals surface area contributed by atoms with Gasteiger partial charge in [-0.1, -0.05) is 19.9 Å². The predicted octanol–water partition coefficient (Wildman–Crippen LogP) is 3.27. The Morgan fingerprint density at radius 2 is 1.85 bits per heavy atom. The molecular formula is C15H22N2O3. The maximum Gasteiger partial charge on any atom is 0.321 e. The molecule has 1 rings (SSSR count). The quantitative estimate of drug-likeness (QED) is 0.642. The molecule has 0 saturated heterocycles. The van der Waals surface area contributed by atoms with E-state index in [9.17, 15) is 9.59 Å². The van der Waals surface area contributed by atoms with Crippen LogP contribution in [0.2, 0.25) is 0 Å². The first-order chi connectivity index (χ1) is 9.56. The summed E-state index contributed by atoms with van der Waals surface area (Å²) < 4.78 is 4.99. The molecule has 0 aliphatic heterocycles. The fourth-order valence-corrected chi connectivity index (χ4v) is 1.86.